The Morgan fingerprint density at radius 3 is 2.31 bits per heavy atom. The second-order valence-electron chi connectivity index (χ2n) is 7.15. The molecule has 144 valence electrons. The van der Waals surface area contributed by atoms with Crippen molar-refractivity contribution in [1.29, 1.82) is 0 Å². The summed E-state index contributed by atoms with van der Waals surface area (Å²) in [6.45, 7) is 7.31. The Balaban J connectivity index is 2.41. The fourth-order valence-electron chi connectivity index (χ4n) is 2.94. The molecule has 0 saturated carbocycles. The van der Waals surface area contributed by atoms with Crippen LogP contribution in [0.1, 0.15) is 44.9 Å². The summed E-state index contributed by atoms with van der Waals surface area (Å²) in [5, 5.41) is 0. The molecule has 0 aliphatic carbocycles. The van der Waals surface area contributed by atoms with E-state index in [0.717, 1.165) is 11.1 Å². The Bertz CT molecular complexity index is 679. The van der Waals surface area contributed by atoms with Gasteiger partial charge >= 0.3 is 12.1 Å². The van der Waals surface area contributed by atoms with Gasteiger partial charge in [-0.2, -0.15) is 0 Å². The first kappa shape index (κ1) is 19.9. The van der Waals surface area contributed by atoms with Gasteiger partial charge in [-0.1, -0.05) is 0 Å². The first-order chi connectivity index (χ1) is 12.2. The van der Waals surface area contributed by atoms with Crippen LogP contribution in [0.25, 0.3) is 0 Å². The van der Waals surface area contributed by atoms with Crippen LogP contribution < -0.4 is 9.47 Å². The second-order valence-corrected chi connectivity index (χ2v) is 7.15. The Morgan fingerprint density at radius 2 is 1.77 bits per heavy atom. The van der Waals surface area contributed by atoms with Gasteiger partial charge < -0.3 is 18.9 Å². The number of hydrogen-bond acceptors (Lipinski definition) is 6. The van der Waals surface area contributed by atoms with Gasteiger partial charge in [0.05, 0.1) is 20.3 Å². The first-order valence-electron chi connectivity index (χ1n) is 8.54. The summed E-state index contributed by atoms with van der Waals surface area (Å²) in [5.74, 6) is 0.787. The van der Waals surface area contributed by atoms with E-state index in [-0.39, 0.29) is 6.61 Å². The molecule has 0 aromatic heterocycles. The highest BCUT2D eigenvalue weighted by Gasteiger charge is 2.35. The van der Waals surface area contributed by atoms with Crippen LogP contribution in [0.5, 0.6) is 11.5 Å². The molecule has 7 nitrogen and oxygen atoms in total. The number of carbonyl (C=O) groups excluding carboxylic acids is 2. The molecule has 1 atom stereocenters. The number of fused-ring (bicyclic) bond motifs is 1. The zero-order chi connectivity index (χ0) is 19.5. The number of carbonyl (C=O) groups is 2. The van der Waals surface area contributed by atoms with E-state index in [9.17, 15) is 9.59 Å². The van der Waals surface area contributed by atoms with E-state index in [1.807, 2.05) is 32.9 Å². The number of ether oxygens (including phenoxy) is 4. The van der Waals surface area contributed by atoms with Crippen LogP contribution in [0.3, 0.4) is 0 Å². The van der Waals surface area contributed by atoms with E-state index >= 15 is 0 Å². The van der Waals surface area contributed by atoms with Crippen molar-refractivity contribution in [3.8, 4) is 11.5 Å². The van der Waals surface area contributed by atoms with Crippen molar-refractivity contribution in [2.24, 2.45) is 0 Å². The monoisotopic (exact) mass is 365 g/mol. The summed E-state index contributed by atoms with van der Waals surface area (Å²) < 4.78 is 21.5. The molecule has 1 aliphatic rings. The predicted octanol–water partition coefficient (Wildman–Crippen LogP) is 3.10. The molecule has 1 heterocycles. The van der Waals surface area contributed by atoms with Crippen molar-refractivity contribution in [2.45, 2.75) is 45.8 Å². The van der Waals surface area contributed by atoms with Gasteiger partial charge in [-0.05, 0) is 50.5 Å². The molecule has 0 unspecified atom stereocenters. The molecule has 0 radical (unpaired) electrons. The average molecular weight is 365 g/mol. The average Bonchev–Trinajstić information content (AvgIpc) is 2.56. The van der Waals surface area contributed by atoms with E-state index < -0.39 is 23.7 Å². The van der Waals surface area contributed by atoms with Crippen molar-refractivity contribution < 1.29 is 28.5 Å². The third-order valence-corrected chi connectivity index (χ3v) is 4.08. The van der Waals surface area contributed by atoms with Crippen molar-refractivity contribution in [3.63, 3.8) is 0 Å². The van der Waals surface area contributed by atoms with E-state index in [1.54, 1.807) is 19.1 Å². The number of hydrogen-bond donors (Lipinski definition) is 0. The molecule has 1 aromatic rings. The summed E-state index contributed by atoms with van der Waals surface area (Å²) in [6.07, 6.45) is 0.209. The third kappa shape index (κ3) is 4.59. The number of nitrogens with zero attached hydrogens (tertiary/aromatic N) is 1. The van der Waals surface area contributed by atoms with E-state index in [2.05, 4.69) is 0 Å². The number of amides is 1. The zero-order valence-electron chi connectivity index (χ0n) is 16.3. The van der Waals surface area contributed by atoms with Gasteiger partial charge in [-0.25, -0.2) is 4.79 Å². The fraction of sp³-hybridized carbons (Fsp3) is 0.579. The molecule has 1 amide bonds. The Morgan fingerprint density at radius 1 is 1.15 bits per heavy atom. The van der Waals surface area contributed by atoms with E-state index in [1.165, 1.54) is 6.92 Å². The highest BCUT2D eigenvalue weighted by molar-refractivity contribution is 5.70. The van der Waals surface area contributed by atoms with Crippen LogP contribution in [0, 0.1) is 0 Å². The Hall–Kier alpha value is -2.44. The molecule has 26 heavy (non-hydrogen) atoms. The van der Waals surface area contributed by atoms with Crippen LogP contribution >= 0.6 is 0 Å². The summed E-state index contributed by atoms with van der Waals surface area (Å²) >= 11 is 0. The maximum atomic E-state index is 12.7. The molecule has 1 aromatic carbocycles. The normalized spacial score (nSPS) is 16.5. The smallest absolute Gasteiger partial charge is 0.410 e. The van der Waals surface area contributed by atoms with Crippen molar-refractivity contribution in [3.05, 3.63) is 23.3 Å². The summed E-state index contributed by atoms with van der Waals surface area (Å²) in [4.78, 5) is 25.6. The van der Waals surface area contributed by atoms with Crippen LogP contribution in [0.2, 0.25) is 0 Å². The maximum Gasteiger partial charge on any atom is 0.410 e. The second kappa shape index (κ2) is 7.85. The topological polar surface area (TPSA) is 74.3 Å². The summed E-state index contributed by atoms with van der Waals surface area (Å²) in [5.41, 5.74) is 1.28. The van der Waals surface area contributed by atoms with Gasteiger partial charge in [0, 0.05) is 13.5 Å². The lowest BCUT2D eigenvalue weighted by atomic mass is 9.92. The molecule has 0 fully saturated rings. The lowest BCUT2D eigenvalue weighted by Crippen LogP contribution is -2.44. The van der Waals surface area contributed by atoms with Crippen molar-refractivity contribution in [1.82, 2.24) is 4.90 Å². The predicted molar refractivity (Wildman–Crippen MR) is 95.6 cm³/mol. The molecular formula is C19H27NO6. The minimum atomic E-state index is -0.610. The third-order valence-electron chi connectivity index (χ3n) is 4.08. The largest absolute Gasteiger partial charge is 0.493 e. The highest BCUT2D eigenvalue weighted by Crippen LogP contribution is 2.38. The standard InChI is InChI=1S/C19H27NO6/c1-12(21)25-11-15-14-10-17(24-6)16(23-5)9-13(14)7-8-20(15)18(22)26-19(2,3)4/h9-10,15H,7-8,11H2,1-6H3/t15-/m1/s1. The summed E-state index contributed by atoms with van der Waals surface area (Å²) in [6, 6.07) is 3.29. The van der Waals surface area contributed by atoms with Gasteiger partial charge in [-0.15, -0.1) is 0 Å². The number of benzene rings is 1. The van der Waals surface area contributed by atoms with Crippen molar-refractivity contribution in [2.75, 3.05) is 27.4 Å². The van der Waals surface area contributed by atoms with Gasteiger partial charge in [0.1, 0.15) is 12.2 Å². The molecular weight excluding hydrogens is 338 g/mol. The van der Waals surface area contributed by atoms with Crippen LogP contribution in [-0.2, 0) is 20.7 Å². The molecule has 0 N–H and O–H groups in total. The van der Waals surface area contributed by atoms with Gasteiger partial charge in [0.15, 0.2) is 11.5 Å². The lowest BCUT2D eigenvalue weighted by molar-refractivity contribution is -0.143. The van der Waals surface area contributed by atoms with Crippen LogP contribution in [-0.4, -0.2) is 49.9 Å². The SMILES string of the molecule is COc1cc2c(cc1OC)[C@@H](COC(C)=O)N(C(=O)OC(C)(C)C)CC2. The van der Waals surface area contributed by atoms with Gasteiger partial charge in [-0.3, -0.25) is 9.69 Å². The van der Waals surface area contributed by atoms with Crippen LogP contribution in [0.4, 0.5) is 4.79 Å². The quantitative estimate of drug-likeness (QED) is 0.764. The first-order valence-corrected chi connectivity index (χ1v) is 8.54. The minimum Gasteiger partial charge on any atom is -0.493 e. The number of esters is 1. The molecule has 7 heteroatoms. The van der Waals surface area contributed by atoms with Gasteiger partial charge in [0.2, 0.25) is 0 Å². The molecule has 0 bridgehead atoms. The van der Waals surface area contributed by atoms with Crippen molar-refractivity contribution >= 4 is 12.1 Å². The minimum absolute atomic E-state index is 0.0526. The zero-order valence-corrected chi connectivity index (χ0v) is 16.3. The molecule has 0 saturated heterocycles. The van der Waals surface area contributed by atoms with Gasteiger partial charge in [0.25, 0.3) is 0 Å². The highest BCUT2D eigenvalue weighted by atomic mass is 16.6. The Kier molecular flexibility index (Phi) is 6.00. The lowest BCUT2D eigenvalue weighted by Gasteiger charge is -2.38. The Labute approximate surface area is 154 Å². The van der Waals surface area contributed by atoms with E-state index in [4.69, 9.17) is 18.9 Å². The maximum absolute atomic E-state index is 12.7. The number of methoxy groups -OCH3 is 2. The number of rotatable bonds is 4. The van der Waals surface area contributed by atoms with Crippen LogP contribution in [0.15, 0.2) is 12.1 Å². The van der Waals surface area contributed by atoms with E-state index in [0.29, 0.717) is 24.5 Å². The molecule has 2 rings (SSSR count). The fourth-order valence-corrected chi connectivity index (χ4v) is 2.94. The molecule has 0 spiro atoms. The summed E-state index contributed by atoms with van der Waals surface area (Å²) in [7, 11) is 3.14. The molecule has 1 aliphatic heterocycles.